The Labute approximate surface area is 191 Å². The van der Waals surface area contributed by atoms with Crippen LogP contribution in [0, 0.1) is 16.5 Å². The number of halogens is 2. The highest BCUT2D eigenvalue weighted by molar-refractivity contribution is 6.50. The molecule has 0 spiro atoms. The number of nitrogens with zero attached hydrogens (tertiary/aromatic N) is 4. The summed E-state index contributed by atoms with van der Waals surface area (Å²) in [7, 11) is 0. The largest absolute Gasteiger partial charge is 0.619 e. The lowest BCUT2D eigenvalue weighted by Crippen LogP contribution is -2.27. The molecule has 3 heterocycles. The van der Waals surface area contributed by atoms with Crippen LogP contribution in [-0.2, 0) is 11.3 Å². The van der Waals surface area contributed by atoms with Crippen LogP contribution in [0.2, 0.25) is 10.0 Å². The summed E-state index contributed by atoms with van der Waals surface area (Å²) in [5.41, 5.74) is 1.82. The molecule has 1 aromatic carbocycles. The first-order valence-electron chi connectivity index (χ1n) is 9.24. The fraction of sp³-hybridized carbons (Fsp3) is 0.0455. The van der Waals surface area contributed by atoms with Gasteiger partial charge in [0.15, 0.2) is 0 Å². The normalized spacial score (nSPS) is 10.7. The minimum absolute atomic E-state index is 0.0383. The van der Waals surface area contributed by atoms with Crippen molar-refractivity contribution in [3.8, 4) is 6.07 Å². The number of anilines is 1. The van der Waals surface area contributed by atoms with E-state index in [2.05, 4.69) is 16.4 Å². The van der Waals surface area contributed by atoms with Gasteiger partial charge in [0.05, 0.1) is 29.4 Å². The molecule has 0 saturated carbocycles. The van der Waals surface area contributed by atoms with Crippen LogP contribution in [0.5, 0.6) is 0 Å². The zero-order valence-electron chi connectivity index (χ0n) is 16.3. The topological polar surface area (TPSA) is 115 Å². The average molecular weight is 466 g/mol. The summed E-state index contributed by atoms with van der Waals surface area (Å²) < 4.78 is 2.09. The Morgan fingerprint density at radius 1 is 1.16 bits per heavy atom. The van der Waals surface area contributed by atoms with Crippen LogP contribution < -0.4 is 10.0 Å². The van der Waals surface area contributed by atoms with E-state index in [0.29, 0.717) is 21.3 Å². The van der Waals surface area contributed by atoms with Gasteiger partial charge in [-0.25, -0.2) is 4.98 Å². The van der Waals surface area contributed by atoms with Gasteiger partial charge >= 0.3 is 0 Å². The number of pyridine rings is 2. The number of hydrogen-bond donors (Lipinski definition) is 1. The van der Waals surface area contributed by atoms with Gasteiger partial charge in [-0.2, -0.15) is 9.99 Å². The minimum Gasteiger partial charge on any atom is -0.619 e. The Morgan fingerprint density at radius 3 is 2.59 bits per heavy atom. The predicted octanol–water partition coefficient (Wildman–Crippen LogP) is 3.72. The monoisotopic (exact) mass is 465 g/mol. The summed E-state index contributed by atoms with van der Waals surface area (Å²) in [5, 5.41) is 23.4. The summed E-state index contributed by atoms with van der Waals surface area (Å²) in [6.45, 7) is 0.284. The zero-order valence-corrected chi connectivity index (χ0v) is 17.8. The number of ketones is 1. The lowest BCUT2D eigenvalue weighted by Gasteiger charge is -2.08. The molecule has 0 aliphatic heterocycles. The Balaban J connectivity index is 1.70. The first kappa shape index (κ1) is 21.3. The molecule has 1 N–H and O–H groups in total. The van der Waals surface area contributed by atoms with Crippen molar-refractivity contribution in [3.63, 3.8) is 0 Å². The number of hydrogen-bond acceptors (Lipinski definition) is 5. The first-order valence-corrected chi connectivity index (χ1v) is 10.00. The lowest BCUT2D eigenvalue weighted by molar-refractivity contribution is -0.605. The summed E-state index contributed by atoms with van der Waals surface area (Å²) in [4.78, 5) is 30.0. The van der Waals surface area contributed by atoms with Crippen LogP contribution in [0.15, 0.2) is 61.2 Å². The molecule has 0 unspecified atom stereocenters. The number of Topliss-reactive ketones (excluding diaryl/α,β-unsaturated/α-hetero) is 1. The molecule has 8 nitrogen and oxygen atoms in total. The van der Waals surface area contributed by atoms with Gasteiger partial charge in [0.2, 0.25) is 12.4 Å². The van der Waals surface area contributed by atoms with E-state index in [4.69, 9.17) is 23.2 Å². The van der Waals surface area contributed by atoms with E-state index in [1.54, 1.807) is 35.0 Å². The summed E-state index contributed by atoms with van der Waals surface area (Å²) in [6.07, 6.45) is 5.12. The number of rotatable bonds is 5. The molecule has 0 saturated heterocycles. The number of fused-ring (bicyclic) bond motifs is 1. The van der Waals surface area contributed by atoms with Crippen LogP contribution in [0.1, 0.15) is 21.5 Å². The average Bonchev–Trinajstić information content (AvgIpc) is 3.14. The maximum atomic E-state index is 13.0. The van der Waals surface area contributed by atoms with Crippen molar-refractivity contribution >= 4 is 51.6 Å². The molecule has 32 heavy (non-hydrogen) atoms. The van der Waals surface area contributed by atoms with Crippen molar-refractivity contribution in [1.82, 2.24) is 9.55 Å². The van der Waals surface area contributed by atoms with Gasteiger partial charge < -0.3 is 15.1 Å². The molecule has 10 heteroatoms. The van der Waals surface area contributed by atoms with Crippen LogP contribution in [-0.4, -0.2) is 21.2 Å². The van der Waals surface area contributed by atoms with Crippen LogP contribution in [0.25, 0.3) is 11.0 Å². The number of carbonyl (C=O) groups is 2. The maximum Gasteiger partial charge on any atom is 0.296 e. The van der Waals surface area contributed by atoms with Crippen molar-refractivity contribution in [2.75, 3.05) is 5.32 Å². The van der Waals surface area contributed by atoms with Crippen molar-refractivity contribution in [1.29, 1.82) is 5.26 Å². The number of aromatic nitrogens is 3. The lowest BCUT2D eigenvalue weighted by atomic mass is 10.1. The van der Waals surface area contributed by atoms with Crippen LogP contribution in [0.4, 0.5) is 5.69 Å². The highest BCUT2D eigenvalue weighted by Crippen LogP contribution is 2.29. The summed E-state index contributed by atoms with van der Waals surface area (Å²) in [6, 6.07) is 12.6. The second-order valence-corrected chi connectivity index (χ2v) is 7.60. The molecule has 158 valence electrons. The van der Waals surface area contributed by atoms with Gasteiger partial charge in [-0.15, -0.1) is 0 Å². The SMILES string of the molecule is N#Cc1ccccc1Cn1cc(C(=O)C(=O)Nc2c(Cl)c[n+]([O-])cc2Cl)c2cccnc21. The molecule has 0 bridgehead atoms. The van der Waals surface area contributed by atoms with E-state index in [1.807, 2.05) is 12.1 Å². The standard InChI is InChI=1S/C22H13Cl2N5O3/c23-17-11-29(32)12-18(24)19(17)27-22(31)20(30)16-10-28(21-15(16)6-3-7-26-21)9-14-5-2-1-4-13(14)8-25/h1-7,10-12H,9H2,(H,27,31). The number of carbonyl (C=O) groups excluding carboxylic acids is 2. The molecule has 0 radical (unpaired) electrons. The maximum absolute atomic E-state index is 13.0. The Kier molecular flexibility index (Phi) is 5.77. The smallest absolute Gasteiger partial charge is 0.296 e. The number of nitrogens with one attached hydrogen (secondary N) is 1. The van der Waals surface area contributed by atoms with E-state index in [0.717, 1.165) is 18.0 Å². The first-order chi connectivity index (χ1) is 15.4. The summed E-state index contributed by atoms with van der Waals surface area (Å²) >= 11 is 12.0. The Bertz CT molecular complexity index is 1400. The number of amides is 1. The fourth-order valence-corrected chi connectivity index (χ4v) is 3.83. The van der Waals surface area contributed by atoms with Gasteiger partial charge in [0, 0.05) is 17.8 Å². The van der Waals surface area contributed by atoms with E-state index in [1.165, 1.54) is 6.20 Å². The van der Waals surface area contributed by atoms with Gasteiger partial charge in [0.25, 0.3) is 11.7 Å². The van der Waals surface area contributed by atoms with Crippen LogP contribution in [0.3, 0.4) is 0 Å². The molecule has 0 aliphatic rings. The van der Waals surface area contributed by atoms with Crippen molar-refractivity contribution < 1.29 is 14.3 Å². The summed E-state index contributed by atoms with van der Waals surface area (Å²) in [5.74, 6) is -1.81. The third-order valence-corrected chi connectivity index (χ3v) is 5.33. The molecular weight excluding hydrogens is 453 g/mol. The van der Waals surface area contributed by atoms with E-state index in [9.17, 15) is 20.1 Å². The molecular formula is C22H13Cl2N5O3. The third kappa shape index (κ3) is 3.99. The molecule has 3 aromatic heterocycles. The molecule has 0 aliphatic carbocycles. The molecule has 1 amide bonds. The van der Waals surface area contributed by atoms with Crippen LogP contribution >= 0.6 is 23.2 Å². The van der Waals surface area contributed by atoms with E-state index in [-0.39, 0.29) is 27.8 Å². The van der Waals surface area contributed by atoms with Crippen molar-refractivity contribution in [2.24, 2.45) is 0 Å². The van der Waals surface area contributed by atoms with Crippen molar-refractivity contribution in [3.05, 3.63) is 93.1 Å². The van der Waals surface area contributed by atoms with E-state index >= 15 is 0 Å². The van der Waals surface area contributed by atoms with E-state index < -0.39 is 11.7 Å². The van der Waals surface area contributed by atoms with Gasteiger partial charge in [-0.1, -0.05) is 41.4 Å². The van der Waals surface area contributed by atoms with Gasteiger partial charge in [-0.3, -0.25) is 9.59 Å². The quantitative estimate of drug-likeness (QED) is 0.208. The third-order valence-electron chi connectivity index (χ3n) is 4.76. The van der Waals surface area contributed by atoms with Gasteiger partial charge in [0.1, 0.15) is 15.7 Å². The molecule has 4 rings (SSSR count). The van der Waals surface area contributed by atoms with Crippen molar-refractivity contribution in [2.45, 2.75) is 6.54 Å². The van der Waals surface area contributed by atoms with Gasteiger partial charge in [-0.05, 0) is 23.8 Å². The predicted molar refractivity (Wildman–Crippen MR) is 118 cm³/mol. The fourth-order valence-electron chi connectivity index (χ4n) is 3.29. The Morgan fingerprint density at radius 2 is 1.88 bits per heavy atom. The highest BCUT2D eigenvalue weighted by Gasteiger charge is 2.24. The number of benzene rings is 1. The second-order valence-electron chi connectivity index (χ2n) is 6.79. The zero-order chi connectivity index (χ0) is 22.8. The minimum atomic E-state index is -0.974. The second kappa shape index (κ2) is 8.67. The Hall–Kier alpha value is -3.93. The molecule has 4 aromatic rings. The molecule has 0 fully saturated rings. The number of nitriles is 1. The highest BCUT2D eigenvalue weighted by atomic mass is 35.5. The molecule has 0 atom stereocenters.